The largest absolute Gasteiger partial charge is 0.349 e. The van der Waals surface area contributed by atoms with Crippen molar-refractivity contribution in [1.82, 2.24) is 15.5 Å². The minimum Gasteiger partial charge on any atom is -0.349 e. The molecular weight excluding hydrogens is 334 g/mol. The molecule has 1 saturated heterocycles. The zero-order valence-corrected chi connectivity index (χ0v) is 15.7. The number of carbonyl (C=O) groups is 2. The van der Waals surface area contributed by atoms with Crippen molar-refractivity contribution in [2.75, 3.05) is 19.6 Å². The number of piperazine rings is 1. The molecule has 2 heterocycles. The first-order valence-electron chi connectivity index (χ1n) is 9.54. The molecule has 0 spiro atoms. The Hall–Kier alpha value is -1.40. The van der Waals surface area contributed by atoms with Crippen molar-refractivity contribution in [2.45, 2.75) is 57.5 Å². The topological polar surface area (TPSA) is 61.4 Å². The predicted octanol–water partition coefficient (Wildman–Crippen LogP) is 2.53. The Morgan fingerprint density at radius 1 is 1.28 bits per heavy atom. The Balaban J connectivity index is 1.50. The summed E-state index contributed by atoms with van der Waals surface area (Å²) < 4.78 is 0. The molecule has 1 saturated carbocycles. The summed E-state index contributed by atoms with van der Waals surface area (Å²) >= 11 is 1.63. The van der Waals surface area contributed by atoms with Crippen molar-refractivity contribution in [3.05, 3.63) is 22.4 Å². The molecule has 0 unspecified atom stereocenters. The van der Waals surface area contributed by atoms with E-state index in [1.807, 2.05) is 17.5 Å². The molecule has 1 aliphatic heterocycles. The fraction of sp³-hybridized carbons (Fsp3) is 0.684. The van der Waals surface area contributed by atoms with Gasteiger partial charge in [0.2, 0.25) is 11.8 Å². The molecule has 3 rings (SSSR count). The molecule has 0 aromatic carbocycles. The third kappa shape index (κ3) is 5.28. The predicted molar refractivity (Wildman–Crippen MR) is 100 cm³/mol. The minimum absolute atomic E-state index is 0.0494. The van der Waals surface area contributed by atoms with Crippen molar-refractivity contribution in [3.63, 3.8) is 0 Å². The quantitative estimate of drug-likeness (QED) is 0.816. The summed E-state index contributed by atoms with van der Waals surface area (Å²) in [6.07, 6.45) is 8.04. The van der Waals surface area contributed by atoms with E-state index in [1.54, 1.807) is 16.2 Å². The number of nitrogens with one attached hydrogen (secondary N) is 2. The molecule has 0 radical (unpaired) electrons. The normalized spacial score (nSPS) is 21.9. The summed E-state index contributed by atoms with van der Waals surface area (Å²) in [6, 6.07) is 3.61. The number of thiophene rings is 1. The van der Waals surface area contributed by atoms with E-state index in [4.69, 9.17) is 0 Å². The van der Waals surface area contributed by atoms with Gasteiger partial charge < -0.3 is 15.5 Å². The van der Waals surface area contributed by atoms with Crippen molar-refractivity contribution in [2.24, 2.45) is 5.92 Å². The van der Waals surface area contributed by atoms with E-state index < -0.39 is 0 Å². The van der Waals surface area contributed by atoms with Crippen LogP contribution in [0.1, 0.15) is 49.8 Å². The molecule has 6 heteroatoms. The average molecular weight is 364 g/mol. The second-order valence-electron chi connectivity index (χ2n) is 7.15. The highest BCUT2D eigenvalue weighted by molar-refractivity contribution is 7.09. The first-order chi connectivity index (χ1) is 12.2. The van der Waals surface area contributed by atoms with E-state index in [0.29, 0.717) is 32.0 Å². The van der Waals surface area contributed by atoms with E-state index >= 15 is 0 Å². The Morgan fingerprint density at radius 3 is 2.88 bits per heavy atom. The van der Waals surface area contributed by atoms with Crippen LogP contribution in [-0.2, 0) is 16.1 Å². The molecule has 1 atom stereocenters. The molecule has 1 aromatic rings. The highest BCUT2D eigenvalue weighted by atomic mass is 32.1. The monoisotopic (exact) mass is 363 g/mol. The maximum Gasteiger partial charge on any atom is 0.244 e. The lowest BCUT2D eigenvalue weighted by atomic mass is 9.86. The molecular formula is C19H29N3O2S. The smallest absolute Gasteiger partial charge is 0.244 e. The lowest BCUT2D eigenvalue weighted by molar-refractivity contribution is -0.141. The van der Waals surface area contributed by atoms with Gasteiger partial charge in [0.05, 0.1) is 6.54 Å². The maximum atomic E-state index is 12.7. The van der Waals surface area contributed by atoms with Crippen LogP contribution in [0.25, 0.3) is 0 Å². The van der Waals surface area contributed by atoms with Gasteiger partial charge >= 0.3 is 0 Å². The Labute approximate surface area is 154 Å². The van der Waals surface area contributed by atoms with Gasteiger partial charge in [0, 0.05) is 30.9 Å². The van der Waals surface area contributed by atoms with Crippen molar-refractivity contribution >= 4 is 23.2 Å². The molecule has 2 amide bonds. The Morgan fingerprint density at radius 2 is 2.12 bits per heavy atom. The van der Waals surface area contributed by atoms with E-state index in [2.05, 4.69) is 10.6 Å². The van der Waals surface area contributed by atoms with Crippen LogP contribution in [0.2, 0.25) is 0 Å². The van der Waals surface area contributed by atoms with E-state index in [9.17, 15) is 9.59 Å². The molecule has 2 N–H and O–H groups in total. The first kappa shape index (κ1) is 18.4. The fourth-order valence-electron chi connectivity index (χ4n) is 3.89. The number of nitrogens with zero attached hydrogens (tertiary/aromatic N) is 1. The summed E-state index contributed by atoms with van der Waals surface area (Å²) in [5.74, 6) is 0.793. The van der Waals surface area contributed by atoms with Gasteiger partial charge in [-0.25, -0.2) is 0 Å². The Kier molecular flexibility index (Phi) is 6.87. The molecule has 0 bridgehead atoms. The fourth-order valence-corrected chi connectivity index (χ4v) is 4.53. The number of hydrogen-bond acceptors (Lipinski definition) is 4. The minimum atomic E-state index is -0.382. The third-order valence-corrected chi connectivity index (χ3v) is 6.25. The summed E-state index contributed by atoms with van der Waals surface area (Å²) in [6.45, 7) is 2.48. The van der Waals surface area contributed by atoms with Crippen LogP contribution in [0.4, 0.5) is 0 Å². The molecule has 138 valence electrons. The molecule has 1 aliphatic carbocycles. The highest BCUT2D eigenvalue weighted by Crippen LogP contribution is 2.27. The zero-order valence-electron chi connectivity index (χ0n) is 14.8. The van der Waals surface area contributed by atoms with Crippen LogP contribution < -0.4 is 10.6 Å². The van der Waals surface area contributed by atoms with Crippen molar-refractivity contribution in [3.8, 4) is 0 Å². The van der Waals surface area contributed by atoms with Gasteiger partial charge in [0.15, 0.2) is 0 Å². The SMILES string of the molecule is O=C(NCc1cccs1)[C@@H]1CNCCN1C(=O)CCC1CCCCC1. The van der Waals surface area contributed by atoms with E-state index in [0.717, 1.165) is 17.8 Å². The van der Waals surface area contributed by atoms with E-state index in [-0.39, 0.29) is 17.9 Å². The van der Waals surface area contributed by atoms with Gasteiger partial charge in [-0.2, -0.15) is 0 Å². The van der Waals surface area contributed by atoms with Crippen LogP contribution in [0.3, 0.4) is 0 Å². The summed E-state index contributed by atoms with van der Waals surface area (Å²) in [7, 11) is 0. The van der Waals surface area contributed by atoms with Crippen LogP contribution in [-0.4, -0.2) is 42.4 Å². The number of carbonyl (C=O) groups excluding carboxylic acids is 2. The molecule has 25 heavy (non-hydrogen) atoms. The average Bonchev–Trinajstić information content (AvgIpc) is 3.18. The van der Waals surface area contributed by atoms with E-state index in [1.165, 1.54) is 32.1 Å². The molecule has 2 aliphatic rings. The van der Waals surface area contributed by atoms with Crippen molar-refractivity contribution in [1.29, 1.82) is 0 Å². The van der Waals surface area contributed by atoms with Gasteiger partial charge in [-0.1, -0.05) is 38.2 Å². The van der Waals surface area contributed by atoms with Gasteiger partial charge in [0.1, 0.15) is 6.04 Å². The first-order valence-corrected chi connectivity index (χ1v) is 10.4. The second-order valence-corrected chi connectivity index (χ2v) is 8.18. The Bertz CT molecular complexity index is 555. The molecule has 2 fully saturated rings. The summed E-state index contributed by atoms with van der Waals surface area (Å²) in [5.41, 5.74) is 0. The lowest BCUT2D eigenvalue weighted by Crippen LogP contribution is -2.59. The molecule has 1 aromatic heterocycles. The van der Waals surface area contributed by atoms with Crippen LogP contribution in [0, 0.1) is 5.92 Å². The lowest BCUT2D eigenvalue weighted by Gasteiger charge is -2.35. The summed E-state index contributed by atoms with van der Waals surface area (Å²) in [4.78, 5) is 28.2. The van der Waals surface area contributed by atoms with Gasteiger partial charge in [-0.3, -0.25) is 9.59 Å². The van der Waals surface area contributed by atoms with Gasteiger partial charge in [-0.15, -0.1) is 11.3 Å². The molecule has 5 nitrogen and oxygen atoms in total. The third-order valence-electron chi connectivity index (χ3n) is 5.37. The highest BCUT2D eigenvalue weighted by Gasteiger charge is 2.32. The van der Waals surface area contributed by atoms with Gasteiger partial charge in [0.25, 0.3) is 0 Å². The maximum absolute atomic E-state index is 12.7. The number of rotatable bonds is 6. The van der Waals surface area contributed by atoms with Crippen LogP contribution in [0.5, 0.6) is 0 Å². The van der Waals surface area contributed by atoms with Crippen molar-refractivity contribution < 1.29 is 9.59 Å². The number of amides is 2. The second kappa shape index (κ2) is 9.34. The van der Waals surface area contributed by atoms with Gasteiger partial charge in [-0.05, 0) is 23.8 Å². The summed E-state index contributed by atoms with van der Waals surface area (Å²) in [5, 5.41) is 8.23. The number of hydrogen-bond donors (Lipinski definition) is 2. The van der Waals surface area contributed by atoms with Crippen LogP contribution >= 0.6 is 11.3 Å². The zero-order chi connectivity index (χ0) is 17.5. The van der Waals surface area contributed by atoms with Crippen LogP contribution in [0.15, 0.2) is 17.5 Å². The standard InChI is InChI=1S/C19H29N3O2S/c23-18(9-8-15-5-2-1-3-6-15)22-11-10-20-14-17(22)19(24)21-13-16-7-4-12-25-16/h4,7,12,15,17,20H,1-3,5-6,8-11,13-14H2,(H,21,24)/t17-/m0/s1.